The Bertz CT molecular complexity index is 1270. The molecule has 0 amide bonds. The van der Waals surface area contributed by atoms with E-state index in [4.69, 9.17) is 11.6 Å². The van der Waals surface area contributed by atoms with Crippen LogP contribution in [0.25, 0.3) is 28.0 Å². The number of aromatic nitrogens is 3. The monoisotopic (exact) mass is 432 g/mol. The van der Waals surface area contributed by atoms with Crippen LogP contribution in [0.1, 0.15) is 11.3 Å². The Balaban J connectivity index is 2.00. The largest absolute Gasteiger partial charge is 0.417 e. The van der Waals surface area contributed by atoms with Gasteiger partial charge in [0.2, 0.25) is 0 Å². The quantitative estimate of drug-likeness (QED) is 0.295. The van der Waals surface area contributed by atoms with Gasteiger partial charge in [0.05, 0.1) is 32.9 Å². The number of alkyl halides is 3. The van der Waals surface area contributed by atoms with Crippen molar-refractivity contribution in [1.82, 2.24) is 14.8 Å². The van der Waals surface area contributed by atoms with Crippen molar-refractivity contribution in [2.75, 3.05) is 0 Å². The summed E-state index contributed by atoms with van der Waals surface area (Å²) in [6, 6.07) is 12.6. The van der Waals surface area contributed by atoms with E-state index in [1.807, 2.05) is 0 Å². The Labute approximate surface area is 172 Å². The van der Waals surface area contributed by atoms with Crippen LogP contribution in [-0.4, -0.2) is 19.7 Å². The van der Waals surface area contributed by atoms with Crippen LogP contribution in [0.15, 0.2) is 54.6 Å². The van der Waals surface area contributed by atoms with Gasteiger partial charge in [0.25, 0.3) is 5.69 Å². The van der Waals surface area contributed by atoms with Crippen molar-refractivity contribution in [1.29, 1.82) is 0 Å². The molecule has 0 aliphatic carbocycles. The highest BCUT2D eigenvalue weighted by Crippen LogP contribution is 2.38. The predicted octanol–water partition coefficient (Wildman–Crippen LogP) is 5.98. The van der Waals surface area contributed by atoms with Crippen LogP contribution in [0.5, 0.6) is 0 Å². The molecule has 0 bridgehead atoms. The third-order valence-electron chi connectivity index (χ3n) is 4.56. The van der Waals surface area contributed by atoms with Gasteiger partial charge in [0.15, 0.2) is 5.65 Å². The second-order valence-corrected chi connectivity index (χ2v) is 6.97. The highest BCUT2D eigenvalue weighted by molar-refractivity contribution is 6.30. The summed E-state index contributed by atoms with van der Waals surface area (Å²) in [6.45, 7) is 1.46. The zero-order valence-corrected chi connectivity index (χ0v) is 16.1. The number of fused-ring (bicyclic) bond motifs is 1. The molecule has 2 aromatic heterocycles. The van der Waals surface area contributed by atoms with Crippen molar-refractivity contribution < 1.29 is 18.1 Å². The minimum absolute atomic E-state index is 0.00104. The first-order valence-electron chi connectivity index (χ1n) is 8.63. The average Bonchev–Trinajstić information content (AvgIpc) is 3.04. The zero-order chi connectivity index (χ0) is 21.6. The Morgan fingerprint density at radius 2 is 1.70 bits per heavy atom. The molecule has 30 heavy (non-hydrogen) atoms. The van der Waals surface area contributed by atoms with Gasteiger partial charge in [-0.2, -0.15) is 18.3 Å². The summed E-state index contributed by atoms with van der Waals surface area (Å²) in [5.74, 6) is 0. The van der Waals surface area contributed by atoms with E-state index in [1.165, 1.54) is 35.9 Å². The van der Waals surface area contributed by atoms with E-state index in [1.54, 1.807) is 24.3 Å². The predicted molar refractivity (Wildman–Crippen MR) is 106 cm³/mol. The third-order valence-corrected chi connectivity index (χ3v) is 4.82. The summed E-state index contributed by atoms with van der Waals surface area (Å²) < 4.78 is 42.8. The van der Waals surface area contributed by atoms with E-state index in [2.05, 4.69) is 10.1 Å². The lowest BCUT2D eigenvalue weighted by atomic mass is 10.1. The molecule has 0 radical (unpaired) electrons. The van der Waals surface area contributed by atoms with Crippen LogP contribution in [-0.2, 0) is 6.18 Å². The first-order valence-corrected chi connectivity index (χ1v) is 9.01. The number of hydrogen-bond donors (Lipinski definition) is 0. The number of nitro benzene ring substituents is 1. The standard InChI is InChI=1S/C20H12ClF3N4O2/c1-11-18-16(20(22,23)24)10-17(12-2-4-13(21)5-3-12)25-19(18)27(26-11)14-6-8-15(9-7-14)28(29)30/h2-10H,1H3. The maximum Gasteiger partial charge on any atom is 0.417 e. The number of non-ortho nitro benzene ring substituents is 1. The van der Waals surface area contributed by atoms with E-state index in [0.29, 0.717) is 16.3 Å². The molecule has 0 atom stereocenters. The topological polar surface area (TPSA) is 73.8 Å². The lowest BCUT2D eigenvalue weighted by molar-refractivity contribution is -0.384. The summed E-state index contributed by atoms with van der Waals surface area (Å²) >= 11 is 5.88. The van der Waals surface area contributed by atoms with Crippen LogP contribution in [0.3, 0.4) is 0 Å². The second kappa shape index (κ2) is 7.10. The molecule has 0 aliphatic heterocycles. The lowest BCUT2D eigenvalue weighted by Crippen LogP contribution is -2.08. The Morgan fingerprint density at radius 1 is 1.07 bits per heavy atom. The number of benzene rings is 2. The molecule has 0 unspecified atom stereocenters. The zero-order valence-electron chi connectivity index (χ0n) is 15.3. The van der Waals surface area contributed by atoms with Crippen LogP contribution in [0.2, 0.25) is 5.02 Å². The molecule has 4 aromatic rings. The van der Waals surface area contributed by atoms with E-state index < -0.39 is 16.7 Å². The van der Waals surface area contributed by atoms with E-state index in [9.17, 15) is 23.3 Å². The SMILES string of the molecule is Cc1nn(-c2ccc([N+](=O)[O-])cc2)c2nc(-c3ccc(Cl)cc3)cc(C(F)(F)F)c12. The molecule has 4 rings (SSSR count). The van der Waals surface area contributed by atoms with Crippen molar-refractivity contribution >= 4 is 28.3 Å². The third kappa shape index (κ3) is 3.48. The van der Waals surface area contributed by atoms with Gasteiger partial charge in [0.1, 0.15) is 0 Å². The average molecular weight is 433 g/mol. The van der Waals surface area contributed by atoms with Crippen molar-refractivity contribution in [3.8, 4) is 16.9 Å². The maximum atomic E-state index is 13.9. The number of aryl methyl sites for hydroxylation is 1. The number of rotatable bonds is 3. The minimum atomic E-state index is -4.63. The van der Waals surface area contributed by atoms with Gasteiger partial charge < -0.3 is 0 Å². The molecular weight excluding hydrogens is 421 g/mol. The Hall–Kier alpha value is -3.46. The normalized spacial score (nSPS) is 11.8. The van der Waals surface area contributed by atoms with E-state index >= 15 is 0 Å². The van der Waals surface area contributed by atoms with Gasteiger partial charge in [-0.3, -0.25) is 10.1 Å². The molecule has 0 fully saturated rings. The van der Waals surface area contributed by atoms with E-state index in [-0.39, 0.29) is 28.1 Å². The molecule has 0 N–H and O–H groups in total. The van der Waals surface area contributed by atoms with Gasteiger partial charge in [-0.05, 0) is 37.3 Å². The molecule has 2 heterocycles. The van der Waals surface area contributed by atoms with Crippen LogP contribution < -0.4 is 0 Å². The highest BCUT2D eigenvalue weighted by atomic mass is 35.5. The van der Waals surface area contributed by atoms with Gasteiger partial charge >= 0.3 is 6.18 Å². The Kier molecular flexibility index (Phi) is 4.70. The summed E-state index contributed by atoms with van der Waals surface area (Å²) in [5, 5.41) is 15.4. The summed E-state index contributed by atoms with van der Waals surface area (Å²) in [7, 11) is 0. The summed E-state index contributed by atoms with van der Waals surface area (Å²) in [6.07, 6.45) is -4.63. The number of halogens is 4. The fourth-order valence-corrected chi connectivity index (χ4v) is 3.30. The lowest BCUT2D eigenvalue weighted by Gasteiger charge is -2.12. The van der Waals surface area contributed by atoms with Gasteiger partial charge in [-0.25, -0.2) is 9.67 Å². The number of hydrogen-bond acceptors (Lipinski definition) is 4. The molecule has 6 nitrogen and oxygen atoms in total. The van der Waals surface area contributed by atoms with Gasteiger partial charge in [0, 0.05) is 22.7 Å². The van der Waals surface area contributed by atoms with Crippen molar-refractivity contribution in [2.45, 2.75) is 13.1 Å². The molecule has 0 spiro atoms. The van der Waals surface area contributed by atoms with Crippen molar-refractivity contribution in [2.24, 2.45) is 0 Å². The van der Waals surface area contributed by atoms with Gasteiger partial charge in [-0.15, -0.1) is 0 Å². The van der Waals surface area contributed by atoms with Crippen molar-refractivity contribution in [3.05, 3.63) is 81.0 Å². The maximum absolute atomic E-state index is 13.9. The smallest absolute Gasteiger partial charge is 0.258 e. The molecule has 0 aliphatic rings. The molecule has 2 aromatic carbocycles. The van der Waals surface area contributed by atoms with Crippen LogP contribution in [0.4, 0.5) is 18.9 Å². The molecule has 152 valence electrons. The summed E-state index contributed by atoms with van der Waals surface area (Å²) in [4.78, 5) is 14.7. The minimum Gasteiger partial charge on any atom is -0.258 e. The highest BCUT2D eigenvalue weighted by Gasteiger charge is 2.35. The molecule has 0 saturated heterocycles. The summed E-state index contributed by atoms with van der Waals surface area (Å²) in [5.41, 5.74) is 0.0656. The first kappa shape index (κ1) is 19.8. The number of nitro groups is 1. The second-order valence-electron chi connectivity index (χ2n) is 6.53. The van der Waals surface area contributed by atoms with Crippen molar-refractivity contribution in [3.63, 3.8) is 0 Å². The molecule has 0 saturated carbocycles. The molecule has 10 heteroatoms. The van der Waals surface area contributed by atoms with Crippen LogP contribution in [0, 0.1) is 17.0 Å². The Morgan fingerprint density at radius 3 is 2.27 bits per heavy atom. The molecular formula is C20H12ClF3N4O2. The van der Waals surface area contributed by atoms with Gasteiger partial charge in [-0.1, -0.05) is 23.7 Å². The fraction of sp³-hybridized carbons (Fsp3) is 0.100. The number of pyridine rings is 1. The first-order chi connectivity index (χ1) is 14.1. The fourth-order valence-electron chi connectivity index (χ4n) is 3.18. The number of nitrogens with zero attached hydrogens (tertiary/aromatic N) is 4. The van der Waals surface area contributed by atoms with E-state index in [0.717, 1.165) is 6.07 Å². The van der Waals surface area contributed by atoms with Crippen LogP contribution >= 0.6 is 11.6 Å².